The Kier molecular flexibility index (Phi) is 7.08. The van der Waals surface area contributed by atoms with Crippen molar-refractivity contribution in [1.29, 1.82) is 0 Å². The van der Waals surface area contributed by atoms with Crippen LogP contribution in [0.3, 0.4) is 0 Å². The molecule has 29 heavy (non-hydrogen) atoms. The van der Waals surface area contributed by atoms with E-state index in [4.69, 9.17) is 15.6 Å². The molecule has 0 saturated carbocycles. The van der Waals surface area contributed by atoms with Crippen LogP contribution in [-0.2, 0) is 17.8 Å². The highest BCUT2D eigenvalue weighted by Gasteiger charge is 2.20. The van der Waals surface area contributed by atoms with Gasteiger partial charge in [-0.3, -0.25) is 0 Å². The smallest absolute Gasteiger partial charge is 0.407 e. The fraction of sp³-hybridized carbons (Fsp3) is 0.364. The number of unbranched alkanes of at least 4 members (excludes halogenated alkanes) is 1. The first-order valence-corrected chi connectivity index (χ1v) is 9.86. The van der Waals surface area contributed by atoms with E-state index in [0.29, 0.717) is 13.0 Å². The van der Waals surface area contributed by atoms with Gasteiger partial charge in [-0.15, -0.1) is 0 Å². The first kappa shape index (κ1) is 20.7. The van der Waals surface area contributed by atoms with Gasteiger partial charge in [-0.2, -0.15) is 0 Å². The molecule has 7 nitrogen and oxygen atoms in total. The molecule has 5 N–H and O–H groups in total. The Balaban J connectivity index is 1.37. The second-order valence-corrected chi connectivity index (χ2v) is 7.22. The van der Waals surface area contributed by atoms with Crippen molar-refractivity contribution in [3.05, 3.63) is 59.2 Å². The minimum absolute atomic E-state index is 0.220. The number of nitrogens with two attached hydrogens (primary N) is 1. The summed E-state index contributed by atoms with van der Waals surface area (Å²) in [5, 5.41) is 13.5. The lowest BCUT2D eigenvalue weighted by Gasteiger charge is -2.12. The minimum Gasteiger partial charge on any atom is -0.465 e. The van der Waals surface area contributed by atoms with Gasteiger partial charge in [-0.05, 0) is 47.1 Å². The zero-order valence-corrected chi connectivity index (χ0v) is 16.3. The number of amides is 2. The molecule has 2 aromatic carbocycles. The van der Waals surface area contributed by atoms with E-state index in [9.17, 15) is 9.59 Å². The van der Waals surface area contributed by atoms with Crippen LogP contribution >= 0.6 is 0 Å². The van der Waals surface area contributed by atoms with Gasteiger partial charge in [0.1, 0.15) is 6.61 Å². The maximum atomic E-state index is 12.0. The molecule has 2 amide bonds. The van der Waals surface area contributed by atoms with Crippen molar-refractivity contribution in [2.24, 2.45) is 5.73 Å². The molecule has 0 radical (unpaired) electrons. The van der Waals surface area contributed by atoms with Gasteiger partial charge in [0.25, 0.3) is 0 Å². The third kappa shape index (κ3) is 5.71. The summed E-state index contributed by atoms with van der Waals surface area (Å²) < 4.78 is 5.39. The maximum absolute atomic E-state index is 12.0. The lowest BCUT2D eigenvalue weighted by atomic mass is 10.0. The minimum atomic E-state index is -1.07. The van der Waals surface area contributed by atoms with Crippen molar-refractivity contribution in [2.75, 3.05) is 13.1 Å². The Morgan fingerprint density at radius 3 is 2.69 bits per heavy atom. The third-order valence-electron chi connectivity index (χ3n) is 5.09. The van der Waals surface area contributed by atoms with E-state index < -0.39 is 12.2 Å². The molecular weight excluding hydrogens is 370 g/mol. The highest BCUT2D eigenvalue weighted by atomic mass is 16.5. The van der Waals surface area contributed by atoms with E-state index in [2.05, 4.69) is 28.8 Å². The normalized spacial score (nSPS) is 12.6. The molecule has 2 aromatic rings. The molecule has 0 unspecified atom stereocenters. The Morgan fingerprint density at radius 1 is 1.07 bits per heavy atom. The first-order chi connectivity index (χ1) is 14.0. The first-order valence-electron chi connectivity index (χ1n) is 9.86. The number of rotatable bonds is 9. The van der Waals surface area contributed by atoms with Crippen LogP contribution in [0.4, 0.5) is 9.59 Å². The summed E-state index contributed by atoms with van der Waals surface area (Å²) in [7, 11) is 0. The fourth-order valence-electron chi connectivity index (χ4n) is 3.60. The van der Waals surface area contributed by atoms with Crippen molar-refractivity contribution in [3.63, 3.8) is 0 Å². The van der Waals surface area contributed by atoms with Gasteiger partial charge >= 0.3 is 12.2 Å². The van der Waals surface area contributed by atoms with Crippen molar-refractivity contribution in [1.82, 2.24) is 10.6 Å². The molecule has 154 valence electrons. The quantitative estimate of drug-likeness (QED) is 0.414. The molecular formula is C22H27N3O4. The SMILES string of the molecule is N[C@@H](CCCCNC(=O)OCc1cccc2c1Cc1ccccc1-2)CNC(=O)O. The predicted molar refractivity (Wildman–Crippen MR) is 111 cm³/mol. The van der Waals surface area contributed by atoms with Gasteiger partial charge in [0.2, 0.25) is 0 Å². The van der Waals surface area contributed by atoms with Crippen LogP contribution in [0.5, 0.6) is 0 Å². The number of carbonyl (C=O) groups is 2. The summed E-state index contributed by atoms with van der Waals surface area (Å²) in [6, 6.07) is 14.2. The number of hydrogen-bond acceptors (Lipinski definition) is 4. The topological polar surface area (TPSA) is 114 Å². The van der Waals surface area contributed by atoms with Gasteiger partial charge in [0.15, 0.2) is 0 Å². The van der Waals surface area contributed by atoms with E-state index in [0.717, 1.165) is 24.8 Å². The van der Waals surface area contributed by atoms with E-state index in [-0.39, 0.29) is 19.2 Å². The summed E-state index contributed by atoms with van der Waals surface area (Å²) in [6.45, 7) is 0.973. The average Bonchev–Trinajstić information content (AvgIpc) is 3.10. The lowest BCUT2D eigenvalue weighted by Crippen LogP contribution is -2.36. The molecule has 0 spiro atoms. The van der Waals surface area contributed by atoms with Crippen LogP contribution in [0.2, 0.25) is 0 Å². The summed E-state index contributed by atoms with van der Waals surface area (Å²) in [6.07, 6.45) is 1.60. The molecule has 1 aliphatic carbocycles. The molecule has 0 bridgehead atoms. The van der Waals surface area contributed by atoms with Crippen LogP contribution in [0.25, 0.3) is 11.1 Å². The van der Waals surface area contributed by atoms with Gasteiger partial charge in [-0.25, -0.2) is 9.59 Å². The van der Waals surface area contributed by atoms with Gasteiger partial charge in [0, 0.05) is 19.1 Å². The lowest BCUT2D eigenvalue weighted by molar-refractivity contribution is 0.139. The molecule has 0 aromatic heterocycles. The second kappa shape index (κ2) is 9.93. The Morgan fingerprint density at radius 2 is 1.86 bits per heavy atom. The number of benzene rings is 2. The van der Waals surface area contributed by atoms with Crippen LogP contribution in [0, 0.1) is 0 Å². The largest absolute Gasteiger partial charge is 0.465 e. The van der Waals surface area contributed by atoms with Crippen molar-refractivity contribution >= 4 is 12.2 Å². The molecule has 0 aliphatic heterocycles. The standard InChI is InChI=1S/C22H27N3O4/c23-17(13-25-21(26)27)8-3-4-11-24-22(28)29-14-16-7-5-10-19-18-9-2-1-6-15(18)12-20(16)19/h1-2,5-7,9-10,17,25H,3-4,8,11-14,23H2,(H,24,28)(H,26,27)/t17-/m0/s1. The van der Waals surface area contributed by atoms with Crippen LogP contribution in [0.1, 0.15) is 36.0 Å². The van der Waals surface area contributed by atoms with Crippen molar-refractivity contribution in [2.45, 2.75) is 38.3 Å². The number of fused-ring (bicyclic) bond motifs is 3. The number of hydrogen-bond donors (Lipinski definition) is 4. The van der Waals surface area contributed by atoms with Gasteiger partial charge < -0.3 is 26.2 Å². The van der Waals surface area contributed by atoms with Crippen LogP contribution in [-0.4, -0.2) is 36.4 Å². The monoisotopic (exact) mass is 397 g/mol. The third-order valence-corrected chi connectivity index (χ3v) is 5.09. The maximum Gasteiger partial charge on any atom is 0.407 e. The number of carbonyl (C=O) groups excluding carboxylic acids is 1. The molecule has 0 fully saturated rings. The molecule has 1 atom stereocenters. The molecule has 7 heteroatoms. The second-order valence-electron chi connectivity index (χ2n) is 7.22. The zero-order valence-electron chi connectivity index (χ0n) is 16.3. The average molecular weight is 397 g/mol. The Hall–Kier alpha value is -3.06. The summed E-state index contributed by atoms with van der Waals surface area (Å²) >= 11 is 0. The van der Waals surface area contributed by atoms with E-state index in [1.54, 1.807) is 0 Å². The number of ether oxygens (including phenoxy) is 1. The Labute approximate surface area is 170 Å². The predicted octanol–water partition coefficient (Wildman–Crippen LogP) is 3.25. The van der Waals surface area contributed by atoms with E-state index in [1.807, 2.05) is 24.3 Å². The van der Waals surface area contributed by atoms with Gasteiger partial charge in [-0.1, -0.05) is 48.9 Å². The fourth-order valence-corrected chi connectivity index (χ4v) is 3.60. The molecule has 1 aliphatic rings. The number of alkyl carbamates (subject to hydrolysis) is 1. The van der Waals surface area contributed by atoms with E-state index >= 15 is 0 Å². The highest BCUT2D eigenvalue weighted by Crippen LogP contribution is 2.38. The summed E-state index contributed by atoms with van der Waals surface area (Å²) in [5.74, 6) is 0. The molecule has 0 saturated heterocycles. The van der Waals surface area contributed by atoms with Crippen molar-refractivity contribution in [3.8, 4) is 11.1 Å². The highest BCUT2D eigenvalue weighted by molar-refractivity contribution is 5.78. The van der Waals surface area contributed by atoms with E-state index in [1.165, 1.54) is 22.3 Å². The summed E-state index contributed by atoms with van der Waals surface area (Å²) in [4.78, 5) is 22.4. The number of nitrogens with one attached hydrogen (secondary N) is 2. The summed E-state index contributed by atoms with van der Waals surface area (Å²) in [5.41, 5.74) is 11.9. The van der Waals surface area contributed by atoms with Crippen LogP contribution in [0.15, 0.2) is 42.5 Å². The molecule has 0 heterocycles. The number of carboxylic acid groups (broad SMARTS) is 1. The zero-order chi connectivity index (χ0) is 20.6. The Bertz CT molecular complexity index is 869. The van der Waals surface area contributed by atoms with Crippen LogP contribution < -0.4 is 16.4 Å². The van der Waals surface area contributed by atoms with Crippen molar-refractivity contribution < 1.29 is 19.4 Å². The van der Waals surface area contributed by atoms with Gasteiger partial charge in [0.05, 0.1) is 0 Å². The molecule has 3 rings (SSSR count).